The molecule has 0 saturated heterocycles. The normalized spacial score (nSPS) is 16.9. The molecule has 3 aliphatic carbocycles. The second-order valence-corrected chi connectivity index (χ2v) is 23.3. The van der Waals surface area contributed by atoms with E-state index in [0.29, 0.717) is 0 Å². The summed E-state index contributed by atoms with van der Waals surface area (Å²) in [7, 11) is 0. The number of nitrogens with zero attached hydrogens (tertiary/aromatic N) is 1. The van der Waals surface area contributed by atoms with Crippen molar-refractivity contribution in [2.45, 2.75) is 102 Å². The van der Waals surface area contributed by atoms with Gasteiger partial charge in [-0.15, -0.1) is 22.7 Å². The van der Waals surface area contributed by atoms with Gasteiger partial charge in [0.1, 0.15) is 5.00 Å². The summed E-state index contributed by atoms with van der Waals surface area (Å²) < 4.78 is 0. The fraction of sp³-hybridized carbons (Fsp3) is 0.267. The van der Waals surface area contributed by atoms with Crippen molar-refractivity contribution in [1.29, 1.82) is 0 Å². The third kappa shape index (κ3) is 5.39. The van der Waals surface area contributed by atoms with Gasteiger partial charge in [0.2, 0.25) is 0 Å². The van der Waals surface area contributed by atoms with Gasteiger partial charge in [-0.3, -0.25) is 0 Å². The third-order valence-corrected chi connectivity index (χ3v) is 17.4. The molecule has 2 spiro atoms. The molecular formula is C60H57NS2. The Morgan fingerprint density at radius 3 is 1.10 bits per heavy atom. The average molecular weight is 856 g/mol. The molecule has 1 nitrogen and oxygen atoms in total. The number of hydrogen-bond donors (Lipinski definition) is 0. The van der Waals surface area contributed by atoms with Crippen LogP contribution in [0.25, 0.3) is 0 Å². The molecule has 0 bridgehead atoms. The second-order valence-electron chi connectivity index (χ2n) is 21.4. The van der Waals surface area contributed by atoms with Gasteiger partial charge in [0.15, 0.2) is 0 Å². The van der Waals surface area contributed by atoms with Crippen molar-refractivity contribution < 1.29 is 0 Å². The summed E-state index contributed by atoms with van der Waals surface area (Å²) in [5.74, 6) is 0. The number of thiophene rings is 2. The first-order valence-corrected chi connectivity index (χ1v) is 24.4. The number of fused-ring (bicyclic) bond motifs is 14. The van der Waals surface area contributed by atoms with Crippen LogP contribution in [0.3, 0.4) is 0 Å². The van der Waals surface area contributed by atoms with E-state index < -0.39 is 10.8 Å². The highest BCUT2D eigenvalue weighted by molar-refractivity contribution is 7.17. The highest BCUT2D eigenvalue weighted by Crippen LogP contribution is 2.69. The number of hydrogen-bond acceptors (Lipinski definition) is 3. The van der Waals surface area contributed by atoms with Crippen LogP contribution < -0.4 is 4.90 Å². The monoisotopic (exact) mass is 855 g/mol. The fourth-order valence-electron chi connectivity index (χ4n) is 11.9. The van der Waals surface area contributed by atoms with Crippen molar-refractivity contribution in [3.63, 3.8) is 0 Å². The maximum Gasteiger partial charge on any atom is 0.101 e. The van der Waals surface area contributed by atoms with Crippen LogP contribution in [0.4, 0.5) is 16.4 Å². The molecule has 2 heterocycles. The lowest BCUT2D eigenvalue weighted by Crippen LogP contribution is -2.50. The van der Waals surface area contributed by atoms with Crippen LogP contribution in [0.2, 0.25) is 0 Å². The zero-order valence-electron chi connectivity index (χ0n) is 38.4. The lowest BCUT2D eigenvalue weighted by molar-refractivity contribution is 0.522. The van der Waals surface area contributed by atoms with E-state index >= 15 is 0 Å². The molecule has 2 aromatic heterocycles. The minimum Gasteiger partial charge on any atom is -0.302 e. The molecule has 3 aliphatic rings. The van der Waals surface area contributed by atoms with Gasteiger partial charge in [-0.05, 0) is 119 Å². The zero-order valence-corrected chi connectivity index (χ0v) is 40.0. The predicted molar refractivity (Wildman–Crippen MR) is 269 cm³/mol. The molecule has 3 heteroatoms. The van der Waals surface area contributed by atoms with Gasteiger partial charge >= 0.3 is 0 Å². The van der Waals surface area contributed by atoms with Crippen molar-refractivity contribution in [2.75, 3.05) is 4.90 Å². The maximum atomic E-state index is 2.62. The van der Waals surface area contributed by atoms with Crippen LogP contribution in [0.5, 0.6) is 0 Å². The molecule has 0 radical (unpaired) electrons. The Labute approximate surface area is 383 Å². The Bertz CT molecular complexity index is 2780. The van der Waals surface area contributed by atoms with E-state index in [0.717, 1.165) is 0 Å². The van der Waals surface area contributed by atoms with Gasteiger partial charge in [0.25, 0.3) is 0 Å². The molecule has 8 aromatic rings. The zero-order chi connectivity index (χ0) is 43.9. The van der Waals surface area contributed by atoms with Crippen molar-refractivity contribution in [3.8, 4) is 0 Å². The molecule has 0 aliphatic heterocycles. The summed E-state index contributed by atoms with van der Waals surface area (Å²) in [5.41, 5.74) is 17.6. The number of benzene rings is 6. The van der Waals surface area contributed by atoms with E-state index in [4.69, 9.17) is 0 Å². The minimum atomic E-state index is -0.545. The van der Waals surface area contributed by atoms with E-state index in [1.807, 2.05) is 22.7 Å². The van der Waals surface area contributed by atoms with Gasteiger partial charge in [-0.1, -0.05) is 191 Å². The molecule has 6 aromatic carbocycles. The predicted octanol–water partition coefficient (Wildman–Crippen LogP) is 16.2. The second kappa shape index (κ2) is 13.5. The van der Waals surface area contributed by atoms with Gasteiger partial charge in [0, 0.05) is 32.0 Å². The minimum absolute atomic E-state index is 0.0427. The Balaban J connectivity index is 1.31. The molecule has 0 amide bonds. The van der Waals surface area contributed by atoms with Crippen molar-refractivity contribution in [1.82, 2.24) is 0 Å². The highest BCUT2D eigenvalue weighted by Gasteiger charge is 2.62. The van der Waals surface area contributed by atoms with E-state index in [2.05, 4.69) is 237 Å². The molecular weight excluding hydrogens is 799 g/mol. The quantitative estimate of drug-likeness (QED) is 0.171. The average Bonchev–Trinajstić information content (AvgIpc) is 3.95. The van der Waals surface area contributed by atoms with E-state index in [1.54, 1.807) is 0 Å². The Hall–Kier alpha value is -5.48. The molecule has 63 heavy (non-hydrogen) atoms. The first-order valence-electron chi connectivity index (χ1n) is 22.7. The lowest BCUT2D eigenvalue weighted by Gasteiger charge is -2.55. The van der Waals surface area contributed by atoms with Gasteiger partial charge in [-0.25, -0.2) is 0 Å². The molecule has 0 atom stereocenters. The number of anilines is 3. The lowest BCUT2D eigenvalue weighted by atomic mass is 9.48. The summed E-state index contributed by atoms with van der Waals surface area (Å²) in [6, 6.07) is 61.4. The number of rotatable bonds is 3. The van der Waals surface area contributed by atoms with Crippen LogP contribution in [-0.2, 0) is 32.5 Å². The van der Waals surface area contributed by atoms with Crippen LogP contribution in [0.1, 0.15) is 146 Å². The smallest absolute Gasteiger partial charge is 0.101 e. The summed E-state index contributed by atoms with van der Waals surface area (Å²) >= 11 is 3.95. The van der Waals surface area contributed by atoms with Gasteiger partial charge in [-0.2, -0.15) is 0 Å². The molecule has 11 rings (SSSR count). The van der Waals surface area contributed by atoms with Crippen LogP contribution in [-0.4, -0.2) is 0 Å². The van der Waals surface area contributed by atoms with Gasteiger partial charge < -0.3 is 4.90 Å². The molecule has 314 valence electrons. The topological polar surface area (TPSA) is 3.24 Å². The third-order valence-electron chi connectivity index (χ3n) is 15.1. The fourth-order valence-corrected chi connectivity index (χ4v) is 14.6. The van der Waals surface area contributed by atoms with E-state index in [1.165, 1.54) is 92.9 Å². The molecule has 0 fully saturated rings. The SMILES string of the molecule is CC(C)(C)c1ccc(N(c2ccc(C(C)(C)C)cc2)c2cc3c(s2)C2(c4ccccc4C(C)(C)c4ccccc42)c2ccsc2C32c3ccccc3C(C)(C)c3ccccc32)cc1. The summed E-state index contributed by atoms with van der Waals surface area (Å²) in [6.07, 6.45) is 0. The van der Waals surface area contributed by atoms with Crippen LogP contribution in [0.15, 0.2) is 163 Å². The highest BCUT2D eigenvalue weighted by atomic mass is 32.1. The first kappa shape index (κ1) is 40.3. The first-order chi connectivity index (χ1) is 30.0. The Kier molecular flexibility index (Phi) is 8.65. The van der Waals surface area contributed by atoms with Crippen molar-refractivity contribution in [3.05, 3.63) is 240 Å². The van der Waals surface area contributed by atoms with Crippen LogP contribution in [0, 0.1) is 0 Å². The molecule has 0 unspecified atom stereocenters. The Morgan fingerprint density at radius 1 is 0.381 bits per heavy atom. The molecule has 0 N–H and O–H groups in total. The summed E-state index contributed by atoms with van der Waals surface area (Å²) in [6.45, 7) is 23.5. The van der Waals surface area contributed by atoms with Crippen molar-refractivity contribution in [2.24, 2.45) is 0 Å². The summed E-state index contributed by atoms with van der Waals surface area (Å²) in [4.78, 5) is 5.38. The van der Waals surface area contributed by atoms with E-state index in [-0.39, 0.29) is 21.7 Å². The largest absolute Gasteiger partial charge is 0.302 e. The maximum absolute atomic E-state index is 2.62. The van der Waals surface area contributed by atoms with E-state index in [9.17, 15) is 0 Å². The summed E-state index contributed by atoms with van der Waals surface area (Å²) in [5, 5.41) is 3.61. The van der Waals surface area contributed by atoms with Gasteiger partial charge in [0.05, 0.1) is 10.8 Å². The standard InChI is InChI=1S/C60H57NS2/c1-55(2,3)38-27-31-40(32-28-38)61(41-33-29-39(30-34-41)56(4,5)6)52-37-51-54(63-52)59(46-23-15-11-19-42(46)57(7,8)43-20-12-16-24-47(43)59)50-35-36-62-53(50)60(51)48-25-17-13-21-44(48)58(9,10)45-22-14-18-26-49(45)60/h11-37H,1-10H3. The van der Waals surface area contributed by atoms with Crippen LogP contribution >= 0.6 is 22.7 Å². The molecule has 0 saturated carbocycles. The van der Waals surface area contributed by atoms with Crippen molar-refractivity contribution >= 4 is 39.0 Å². The Morgan fingerprint density at radius 2 is 0.730 bits per heavy atom.